The number of amides is 1. The third kappa shape index (κ3) is 3.98. The van der Waals surface area contributed by atoms with Gasteiger partial charge in [0.2, 0.25) is 5.91 Å². The molecule has 7 nitrogen and oxygen atoms in total. The fraction of sp³-hybridized carbons (Fsp3) is 0.412. The standard InChI is InChI=1S/C17H20N4O3/c22-16(5-6-20-11-18-19-12-20)21-7-4-14(10-21)8-13-2-1-3-15(9-13)17(23)24/h1-3,9,11-12,14H,4-8,10H2,(H,23,24)/t14-/m1/s1. The van der Waals surface area contributed by atoms with Gasteiger partial charge in [-0.05, 0) is 36.5 Å². The maximum Gasteiger partial charge on any atom is 0.335 e. The second kappa shape index (κ2) is 7.25. The van der Waals surface area contributed by atoms with Crippen LogP contribution in [0.1, 0.15) is 28.8 Å². The Kier molecular flexibility index (Phi) is 4.88. The lowest BCUT2D eigenvalue weighted by molar-refractivity contribution is -0.130. The van der Waals surface area contributed by atoms with Gasteiger partial charge in [-0.3, -0.25) is 4.79 Å². The van der Waals surface area contributed by atoms with E-state index in [1.807, 2.05) is 11.0 Å². The maximum absolute atomic E-state index is 12.3. The van der Waals surface area contributed by atoms with Crippen LogP contribution >= 0.6 is 0 Å². The number of aromatic nitrogens is 3. The van der Waals surface area contributed by atoms with E-state index in [-0.39, 0.29) is 5.91 Å². The summed E-state index contributed by atoms with van der Waals surface area (Å²) >= 11 is 0. The summed E-state index contributed by atoms with van der Waals surface area (Å²) in [6.07, 6.45) is 5.41. The van der Waals surface area contributed by atoms with Crippen molar-refractivity contribution in [3.8, 4) is 0 Å². The third-order valence-electron chi connectivity index (χ3n) is 4.39. The zero-order valence-electron chi connectivity index (χ0n) is 13.3. The van der Waals surface area contributed by atoms with Crippen LogP contribution in [0, 0.1) is 5.92 Å². The molecule has 0 unspecified atom stereocenters. The molecule has 1 atom stereocenters. The molecular weight excluding hydrogens is 308 g/mol. The predicted molar refractivity (Wildman–Crippen MR) is 86.4 cm³/mol. The fourth-order valence-corrected chi connectivity index (χ4v) is 3.11. The molecule has 1 aromatic carbocycles. The molecule has 0 radical (unpaired) electrons. The van der Waals surface area contributed by atoms with Gasteiger partial charge in [0.15, 0.2) is 0 Å². The van der Waals surface area contributed by atoms with Crippen molar-refractivity contribution in [1.82, 2.24) is 19.7 Å². The molecule has 1 N–H and O–H groups in total. The highest BCUT2D eigenvalue weighted by Crippen LogP contribution is 2.22. The third-order valence-corrected chi connectivity index (χ3v) is 4.39. The maximum atomic E-state index is 12.3. The van der Waals surface area contributed by atoms with E-state index in [2.05, 4.69) is 10.2 Å². The van der Waals surface area contributed by atoms with Crippen molar-refractivity contribution < 1.29 is 14.7 Å². The van der Waals surface area contributed by atoms with Gasteiger partial charge in [0.25, 0.3) is 0 Å². The Hall–Kier alpha value is -2.70. The first-order chi connectivity index (χ1) is 11.6. The van der Waals surface area contributed by atoms with E-state index in [4.69, 9.17) is 5.11 Å². The van der Waals surface area contributed by atoms with Gasteiger partial charge in [0.05, 0.1) is 5.56 Å². The fourth-order valence-electron chi connectivity index (χ4n) is 3.11. The van der Waals surface area contributed by atoms with E-state index >= 15 is 0 Å². The summed E-state index contributed by atoms with van der Waals surface area (Å²) in [5.41, 5.74) is 1.33. The van der Waals surface area contributed by atoms with Crippen LogP contribution in [0.15, 0.2) is 36.9 Å². The van der Waals surface area contributed by atoms with Crippen molar-refractivity contribution >= 4 is 11.9 Å². The summed E-state index contributed by atoms with van der Waals surface area (Å²) in [6.45, 7) is 2.09. The molecule has 1 aliphatic heterocycles. The van der Waals surface area contributed by atoms with Gasteiger partial charge in [-0.2, -0.15) is 0 Å². The summed E-state index contributed by atoms with van der Waals surface area (Å²) < 4.78 is 1.79. The molecule has 126 valence electrons. The number of carbonyl (C=O) groups excluding carboxylic acids is 1. The number of carboxylic acid groups (broad SMARTS) is 1. The lowest BCUT2D eigenvalue weighted by atomic mass is 9.97. The van der Waals surface area contributed by atoms with E-state index in [1.165, 1.54) is 0 Å². The lowest BCUT2D eigenvalue weighted by Crippen LogP contribution is -2.29. The molecular formula is C17H20N4O3. The first-order valence-electron chi connectivity index (χ1n) is 8.04. The molecule has 0 saturated carbocycles. The number of carbonyl (C=O) groups is 2. The molecule has 1 saturated heterocycles. The van der Waals surface area contributed by atoms with Gasteiger partial charge in [-0.25, -0.2) is 4.79 Å². The summed E-state index contributed by atoms with van der Waals surface area (Å²) in [4.78, 5) is 25.2. The van der Waals surface area contributed by atoms with Crippen molar-refractivity contribution in [2.45, 2.75) is 25.8 Å². The van der Waals surface area contributed by atoms with Crippen LogP contribution in [0.4, 0.5) is 0 Å². The number of aryl methyl sites for hydroxylation is 1. The number of rotatable bonds is 6. The van der Waals surface area contributed by atoms with Gasteiger partial charge < -0.3 is 14.6 Å². The summed E-state index contributed by atoms with van der Waals surface area (Å²) in [5.74, 6) is -0.382. The summed E-state index contributed by atoms with van der Waals surface area (Å²) in [5, 5.41) is 16.5. The van der Waals surface area contributed by atoms with Crippen LogP contribution in [-0.4, -0.2) is 49.7 Å². The average molecular weight is 328 g/mol. The first-order valence-corrected chi connectivity index (χ1v) is 8.04. The Balaban J connectivity index is 1.50. The van der Waals surface area contributed by atoms with E-state index in [0.717, 1.165) is 31.5 Å². The first kappa shape index (κ1) is 16.2. The quantitative estimate of drug-likeness (QED) is 0.867. The van der Waals surface area contributed by atoms with Crippen LogP contribution in [0.25, 0.3) is 0 Å². The second-order valence-corrected chi connectivity index (χ2v) is 6.15. The van der Waals surface area contributed by atoms with Crippen molar-refractivity contribution in [3.63, 3.8) is 0 Å². The van der Waals surface area contributed by atoms with Gasteiger partial charge in [0, 0.05) is 26.1 Å². The van der Waals surface area contributed by atoms with Crippen molar-refractivity contribution in [1.29, 1.82) is 0 Å². The van der Waals surface area contributed by atoms with E-state index in [9.17, 15) is 9.59 Å². The molecule has 1 aromatic heterocycles. The Bertz CT molecular complexity index is 714. The van der Waals surface area contributed by atoms with Crippen LogP contribution in [-0.2, 0) is 17.8 Å². The van der Waals surface area contributed by atoms with Crippen molar-refractivity contribution in [3.05, 3.63) is 48.0 Å². The highest BCUT2D eigenvalue weighted by atomic mass is 16.4. The molecule has 1 amide bonds. The van der Waals surface area contributed by atoms with Gasteiger partial charge in [-0.1, -0.05) is 12.1 Å². The van der Waals surface area contributed by atoms with E-state index in [1.54, 1.807) is 35.4 Å². The summed E-state index contributed by atoms with van der Waals surface area (Å²) in [7, 11) is 0. The largest absolute Gasteiger partial charge is 0.478 e. The Morgan fingerprint density at radius 1 is 1.25 bits per heavy atom. The van der Waals surface area contributed by atoms with E-state index in [0.29, 0.717) is 24.4 Å². The molecule has 24 heavy (non-hydrogen) atoms. The Morgan fingerprint density at radius 2 is 2.04 bits per heavy atom. The van der Waals surface area contributed by atoms with E-state index < -0.39 is 5.97 Å². The molecule has 2 heterocycles. The molecule has 0 aliphatic carbocycles. The number of likely N-dealkylation sites (tertiary alicyclic amines) is 1. The van der Waals surface area contributed by atoms with Gasteiger partial charge in [-0.15, -0.1) is 10.2 Å². The molecule has 2 aromatic rings. The number of benzene rings is 1. The monoisotopic (exact) mass is 328 g/mol. The summed E-state index contributed by atoms with van der Waals surface area (Å²) in [6, 6.07) is 7.04. The second-order valence-electron chi connectivity index (χ2n) is 6.15. The minimum atomic E-state index is -0.908. The van der Waals surface area contributed by atoms with Crippen molar-refractivity contribution in [2.24, 2.45) is 5.92 Å². The molecule has 3 rings (SSSR count). The zero-order valence-corrected chi connectivity index (χ0v) is 13.3. The minimum Gasteiger partial charge on any atom is -0.478 e. The average Bonchev–Trinajstić information content (AvgIpc) is 3.24. The van der Waals surface area contributed by atoms with Crippen molar-refractivity contribution in [2.75, 3.05) is 13.1 Å². The number of carboxylic acids is 1. The van der Waals surface area contributed by atoms with Crippen LogP contribution in [0.3, 0.4) is 0 Å². The Morgan fingerprint density at radius 3 is 2.79 bits per heavy atom. The van der Waals surface area contributed by atoms with Gasteiger partial charge >= 0.3 is 5.97 Å². The van der Waals surface area contributed by atoms with Gasteiger partial charge in [0.1, 0.15) is 12.7 Å². The Labute approximate surface area is 139 Å². The number of hydrogen-bond donors (Lipinski definition) is 1. The normalized spacial score (nSPS) is 17.2. The smallest absolute Gasteiger partial charge is 0.335 e. The minimum absolute atomic E-state index is 0.144. The predicted octanol–water partition coefficient (Wildman–Crippen LogP) is 1.46. The topological polar surface area (TPSA) is 88.3 Å². The molecule has 1 fully saturated rings. The number of aromatic carboxylic acids is 1. The van der Waals surface area contributed by atoms with Crippen LogP contribution in [0.5, 0.6) is 0 Å². The zero-order chi connectivity index (χ0) is 16.9. The molecule has 1 aliphatic rings. The molecule has 0 bridgehead atoms. The highest BCUT2D eigenvalue weighted by molar-refractivity contribution is 5.87. The van der Waals surface area contributed by atoms with Crippen LogP contribution < -0.4 is 0 Å². The molecule has 0 spiro atoms. The number of hydrogen-bond acceptors (Lipinski definition) is 4. The molecule has 7 heteroatoms. The highest BCUT2D eigenvalue weighted by Gasteiger charge is 2.26. The number of nitrogens with zero attached hydrogens (tertiary/aromatic N) is 4. The SMILES string of the molecule is O=C(O)c1cccc(C[C@H]2CCN(C(=O)CCn3cnnc3)C2)c1. The lowest BCUT2D eigenvalue weighted by Gasteiger charge is -2.17. The van der Waals surface area contributed by atoms with Crippen LogP contribution in [0.2, 0.25) is 0 Å².